The molecule has 0 saturated heterocycles. The van der Waals surface area contributed by atoms with Gasteiger partial charge < -0.3 is 9.47 Å². The van der Waals surface area contributed by atoms with Crippen molar-refractivity contribution in [3.05, 3.63) is 64.3 Å². The van der Waals surface area contributed by atoms with Crippen molar-refractivity contribution in [3.8, 4) is 5.75 Å². The third-order valence-electron chi connectivity index (χ3n) is 3.69. The Bertz CT molecular complexity index is 919. The number of aryl methyl sites for hydroxylation is 1. The van der Waals surface area contributed by atoms with E-state index in [0.717, 1.165) is 0 Å². The number of imidazole rings is 1. The fourth-order valence-corrected chi connectivity index (χ4v) is 2.75. The van der Waals surface area contributed by atoms with Gasteiger partial charge in [0.1, 0.15) is 12.4 Å². The molecule has 2 heterocycles. The predicted molar refractivity (Wildman–Crippen MR) is 91.6 cm³/mol. The molecule has 0 bridgehead atoms. The molecule has 0 aliphatic heterocycles. The lowest BCUT2D eigenvalue weighted by atomic mass is 10.2. The molecule has 0 amide bonds. The Hall–Kier alpha value is -2.60. The molecule has 0 spiro atoms. The molecule has 130 valence electrons. The maximum Gasteiger partial charge on any atom is 0.357 e. The number of carbonyl (C=O) groups excluding carboxylic acids is 1. The van der Waals surface area contributed by atoms with E-state index in [1.54, 1.807) is 42.6 Å². The summed E-state index contributed by atoms with van der Waals surface area (Å²) in [6.07, 6.45) is 1.70. The molecular formula is C18H16ClFN2O3. The Kier molecular flexibility index (Phi) is 4.90. The van der Waals surface area contributed by atoms with Gasteiger partial charge in [0.05, 0.1) is 17.3 Å². The zero-order valence-corrected chi connectivity index (χ0v) is 14.5. The summed E-state index contributed by atoms with van der Waals surface area (Å²) in [5.74, 6) is -0.478. The number of rotatable bonds is 5. The van der Waals surface area contributed by atoms with Crippen molar-refractivity contribution in [1.29, 1.82) is 0 Å². The Morgan fingerprint density at radius 3 is 2.84 bits per heavy atom. The number of ether oxygens (including phenoxy) is 2. The zero-order valence-electron chi connectivity index (χ0n) is 13.8. The van der Waals surface area contributed by atoms with Crippen molar-refractivity contribution >= 4 is 23.2 Å². The number of fused-ring (bicyclic) bond motifs is 1. The number of hydrogen-bond donors (Lipinski definition) is 0. The van der Waals surface area contributed by atoms with Crippen molar-refractivity contribution in [2.45, 2.75) is 20.5 Å². The van der Waals surface area contributed by atoms with Crippen LogP contribution in [0.5, 0.6) is 5.75 Å². The van der Waals surface area contributed by atoms with E-state index >= 15 is 0 Å². The molecule has 7 heteroatoms. The van der Waals surface area contributed by atoms with E-state index in [0.29, 0.717) is 27.8 Å². The quantitative estimate of drug-likeness (QED) is 0.638. The Balaban J connectivity index is 1.95. The topological polar surface area (TPSA) is 52.8 Å². The molecule has 3 rings (SSSR count). The van der Waals surface area contributed by atoms with Crippen molar-refractivity contribution < 1.29 is 18.7 Å². The van der Waals surface area contributed by atoms with Crippen LogP contribution in [0.15, 0.2) is 36.5 Å². The van der Waals surface area contributed by atoms with Crippen LogP contribution in [-0.4, -0.2) is 22.0 Å². The summed E-state index contributed by atoms with van der Waals surface area (Å²) in [6, 6.07) is 7.87. The van der Waals surface area contributed by atoms with E-state index in [1.165, 1.54) is 12.1 Å². The van der Waals surface area contributed by atoms with Crippen molar-refractivity contribution in [2.75, 3.05) is 6.61 Å². The zero-order chi connectivity index (χ0) is 18.0. The predicted octanol–water partition coefficient (Wildman–Crippen LogP) is 4.19. The van der Waals surface area contributed by atoms with Gasteiger partial charge in [0.15, 0.2) is 17.1 Å². The highest BCUT2D eigenvalue weighted by molar-refractivity contribution is 6.31. The largest absolute Gasteiger partial charge is 0.485 e. The average Bonchev–Trinajstić information content (AvgIpc) is 2.91. The maximum absolute atomic E-state index is 13.9. The van der Waals surface area contributed by atoms with Gasteiger partial charge in [0.2, 0.25) is 0 Å². The van der Waals surface area contributed by atoms with Gasteiger partial charge in [-0.25, -0.2) is 14.2 Å². The minimum absolute atomic E-state index is 0.0498. The number of benzene rings is 1. The molecule has 0 aliphatic carbocycles. The van der Waals surface area contributed by atoms with E-state index in [-0.39, 0.29) is 18.8 Å². The van der Waals surface area contributed by atoms with Crippen LogP contribution in [-0.2, 0) is 11.3 Å². The van der Waals surface area contributed by atoms with Gasteiger partial charge in [-0.15, -0.1) is 0 Å². The fourth-order valence-electron chi connectivity index (χ4n) is 2.53. The van der Waals surface area contributed by atoms with Crippen LogP contribution in [0.2, 0.25) is 5.02 Å². The lowest BCUT2D eigenvalue weighted by Crippen LogP contribution is -2.09. The molecule has 0 fully saturated rings. The van der Waals surface area contributed by atoms with Crippen molar-refractivity contribution in [2.24, 2.45) is 0 Å². The summed E-state index contributed by atoms with van der Waals surface area (Å²) in [7, 11) is 0. The smallest absolute Gasteiger partial charge is 0.357 e. The van der Waals surface area contributed by atoms with E-state index in [1.807, 2.05) is 0 Å². The highest BCUT2D eigenvalue weighted by atomic mass is 35.5. The van der Waals surface area contributed by atoms with Gasteiger partial charge in [0, 0.05) is 11.8 Å². The SMILES string of the molecule is CCOC(=O)c1c(C)nc2c(OCc3c(F)cccc3Cl)cccn12. The first-order valence-corrected chi connectivity index (χ1v) is 8.11. The molecule has 2 aromatic heterocycles. The van der Waals surface area contributed by atoms with Crippen molar-refractivity contribution in [1.82, 2.24) is 9.38 Å². The first-order valence-electron chi connectivity index (χ1n) is 7.73. The van der Waals surface area contributed by atoms with E-state index in [4.69, 9.17) is 21.1 Å². The number of esters is 1. The molecule has 25 heavy (non-hydrogen) atoms. The number of nitrogens with zero attached hydrogens (tertiary/aromatic N) is 2. The second-order valence-electron chi connectivity index (χ2n) is 5.32. The third-order valence-corrected chi connectivity index (χ3v) is 4.05. The molecule has 0 unspecified atom stereocenters. The maximum atomic E-state index is 13.9. The molecule has 0 saturated carbocycles. The van der Waals surface area contributed by atoms with Gasteiger partial charge in [0.25, 0.3) is 0 Å². The molecule has 1 aromatic carbocycles. The summed E-state index contributed by atoms with van der Waals surface area (Å²) in [5.41, 5.74) is 1.58. The molecule has 0 atom stereocenters. The third kappa shape index (κ3) is 3.30. The standard InChI is InChI=1S/C18H16ClFN2O3/c1-3-24-18(23)16-11(2)21-17-15(8-5-9-22(16)17)25-10-12-13(19)6-4-7-14(12)20/h4-9H,3,10H2,1-2H3. The van der Waals surface area contributed by atoms with Crippen LogP contribution in [0.1, 0.15) is 28.7 Å². The minimum atomic E-state index is -0.457. The van der Waals surface area contributed by atoms with Crippen LogP contribution >= 0.6 is 11.6 Å². The number of halogens is 2. The molecule has 0 aliphatic rings. The van der Waals surface area contributed by atoms with Gasteiger partial charge in [-0.2, -0.15) is 0 Å². The highest BCUT2D eigenvalue weighted by Crippen LogP contribution is 2.25. The average molecular weight is 363 g/mol. The molecule has 5 nitrogen and oxygen atoms in total. The number of pyridine rings is 1. The number of hydrogen-bond acceptors (Lipinski definition) is 4. The van der Waals surface area contributed by atoms with Crippen LogP contribution in [0.4, 0.5) is 4.39 Å². The van der Waals surface area contributed by atoms with Crippen LogP contribution < -0.4 is 4.74 Å². The van der Waals surface area contributed by atoms with E-state index < -0.39 is 11.8 Å². The number of carbonyl (C=O) groups is 1. The van der Waals surface area contributed by atoms with E-state index in [9.17, 15) is 9.18 Å². The summed E-state index contributed by atoms with van der Waals surface area (Å²) in [4.78, 5) is 16.5. The Morgan fingerprint density at radius 2 is 2.12 bits per heavy atom. The normalized spacial score (nSPS) is 10.9. The van der Waals surface area contributed by atoms with Gasteiger partial charge in [-0.3, -0.25) is 4.40 Å². The monoisotopic (exact) mass is 362 g/mol. The van der Waals surface area contributed by atoms with Crippen LogP contribution in [0.25, 0.3) is 5.65 Å². The number of aromatic nitrogens is 2. The second-order valence-corrected chi connectivity index (χ2v) is 5.73. The lowest BCUT2D eigenvalue weighted by molar-refractivity contribution is 0.0517. The summed E-state index contributed by atoms with van der Waals surface area (Å²) < 4.78 is 26.3. The molecule has 3 aromatic rings. The lowest BCUT2D eigenvalue weighted by Gasteiger charge is -2.10. The van der Waals surface area contributed by atoms with Crippen LogP contribution in [0, 0.1) is 12.7 Å². The van der Waals surface area contributed by atoms with E-state index in [2.05, 4.69) is 4.98 Å². The summed E-state index contributed by atoms with van der Waals surface area (Å²) >= 11 is 6.02. The van der Waals surface area contributed by atoms with Gasteiger partial charge >= 0.3 is 5.97 Å². The fraction of sp³-hybridized carbons (Fsp3) is 0.222. The van der Waals surface area contributed by atoms with Crippen molar-refractivity contribution in [3.63, 3.8) is 0 Å². The van der Waals surface area contributed by atoms with Crippen LogP contribution in [0.3, 0.4) is 0 Å². The first-order chi connectivity index (χ1) is 12.0. The summed E-state index contributed by atoms with van der Waals surface area (Å²) in [5, 5.41) is 0.290. The highest BCUT2D eigenvalue weighted by Gasteiger charge is 2.20. The van der Waals surface area contributed by atoms with Gasteiger partial charge in [-0.05, 0) is 38.1 Å². The van der Waals surface area contributed by atoms with Gasteiger partial charge in [-0.1, -0.05) is 17.7 Å². The molecule has 0 radical (unpaired) electrons. The Morgan fingerprint density at radius 1 is 1.32 bits per heavy atom. The first kappa shape index (κ1) is 17.2. The molecule has 0 N–H and O–H groups in total. The second kappa shape index (κ2) is 7.11. The summed E-state index contributed by atoms with van der Waals surface area (Å²) in [6.45, 7) is 3.68. The molecular weight excluding hydrogens is 347 g/mol. The Labute approximate surface area is 149 Å². The minimum Gasteiger partial charge on any atom is -0.485 e.